The van der Waals surface area contributed by atoms with Crippen molar-refractivity contribution >= 4 is 17.6 Å². The molecule has 0 saturated carbocycles. The van der Waals surface area contributed by atoms with Crippen LogP contribution in [0.5, 0.6) is 0 Å². The van der Waals surface area contributed by atoms with Gasteiger partial charge in [-0.2, -0.15) is 4.39 Å². The summed E-state index contributed by atoms with van der Waals surface area (Å²) in [7, 11) is 1.13. The average molecular weight is 268 g/mol. The highest BCUT2D eigenvalue weighted by Gasteiger charge is 2.21. The number of nitrogens with zero attached hydrogens (tertiary/aromatic N) is 1. The molecular formula is C10H9ClF3NO2. The highest BCUT2D eigenvalue weighted by molar-refractivity contribution is 6.17. The normalized spacial score (nSPS) is 10.7. The van der Waals surface area contributed by atoms with Crippen molar-refractivity contribution in [1.82, 2.24) is 4.98 Å². The third-order valence-electron chi connectivity index (χ3n) is 2.12. The van der Waals surface area contributed by atoms with E-state index >= 15 is 0 Å². The summed E-state index contributed by atoms with van der Waals surface area (Å²) in [6.45, 7) is 0. The van der Waals surface area contributed by atoms with E-state index in [-0.39, 0.29) is 17.0 Å². The van der Waals surface area contributed by atoms with Crippen LogP contribution in [-0.2, 0) is 21.8 Å². The maximum atomic E-state index is 13.0. The molecule has 0 aromatic carbocycles. The van der Waals surface area contributed by atoms with Crippen LogP contribution >= 0.6 is 11.6 Å². The summed E-state index contributed by atoms with van der Waals surface area (Å²) >= 11 is 5.52. The van der Waals surface area contributed by atoms with Crippen LogP contribution < -0.4 is 0 Å². The third-order valence-corrected chi connectivity index (χ3v) is 2.40. The maximum Gasteiger partial charge on any atom is 0.310 e. The van der Waals surface area contributed by atoms with E-state index in [1.54, 1.807) is 0 Å². The summed E-state index contributed by atoms with van der Waals surface area (Å²) in [5.74, 6) is -1.96. The lowest BCUT2D eigenvalue weighted by molar-refractivity contribution is -0.139. The van der Waals surface area contributed by atoms with Gasteiger partial charge in [0, 0.05) is 5.88 Å². The molecule has 0 spiro atoms. The van der Waals surface area contributed by atoms with Gasteiger partial charge in [-0.05, 0) is 17.2 Å². The molecule has 0 saturated heterocycles. The fourth-order valence-corrected chi connectivity index (χ4v) is 1.57. The monoisotopic (exact) mass is 267 g/mol. The van der Waals surface area contributed by atoms with Crippen LogP contribution in [0.25, 0.3) is 0 Å². The van der Waals surface area contributed by atoms with Crippen molar-refractivity contribution in [3.05, 3.63) is 28.8 Å². The lowest BCUT2D eigenvalue weighted by Crippen LogP contribution is -2.12. The van der Waals surface area contributed by atoms with Crippen molar-refractivity contribution in [2.75, 3.05) is 7.11 Å². The van der Waals surface area contributed by atoms with Crippen molar-refractivity contribution in [1.29, 1.82) is 0 Å². The van der Waals surface area contributed by atoms with E-state index in [1.165, 1.54) is 0 Å². The molecule has 0 radical (unpaired) electrons. The predicted molar refractivity (Wildman–Crippen MR) is 54.4 cm³/mol. The summed E-state index contributed by atoms with van der Waals surface area (Å²) in [4.78, 5) is 14.2. The molecule has 0 aliphatic heterocycles. The van der Waals surface area contributed by atoms with Crippen molar-refractivity contribution < 1.29 is 22.7 Å². The molecule has 0 atom stereocenters. The van der Waals surface area contributed by atoms with Gasteiger partial charge in [-0.1, -0.05) is 0 Å². The Bertz CT molecular complexity index is 426. The number of methoxy groups -OCH3 is 1. The fourth-order valence-electron chi connectivity index (χ4n) is 1.33. The Labute approximate surface area is 101 Å². The Kier molecular flexibility index (Phi) is 4.74. The van der Waals surface area contributed by atoms with Gasteiger partial charge in [0.15, 0.2) is 0 Å². The Hall–Kier alpha value is -1.30. The first-order valence-corrected chi connectivity index (χ1v) is 5.12. The van der Waals surface area contributed by atoms with Gasteiger partial charge in [-0.3, -0.25) is 4.79 Å². The van der Waals surface area contributed by atoms with Gasteiger partial charge in [0.1, 0.15) is 5.69 Å². The lowest BCUT2D eigenvalue weighted by Gasteiger charge is -2.11. The van der Waals surface area contributed by atoms with Crippen LogP contribution in [0, 0.1) is 5.95 Å². The maximum absolute atomic E-state index is 13.0. The number of hydrogen-bond acceptors (Lipinski definition) is 3. The van der Waals surface area contributed by atoms with Gasteiger partial charge in [0.25, 0.3) is 6.43 Å². The molecule has 0 amide bonds. The topological polar surface area (TPSA) is 39.2 Å². The Morgan fingerprint density at radius 3 is 2.71 bits per heavy atom. The number of carbonyl (C=O) groups is 1. The van der Waals surface area contributed by atoms with Gasteiger partial charge >= 0.3 is 5.97 Å². The predicted octanol–water partition coefficient (Wildman–Crippen LogP) is 2.61. The van der Waals surface area contributed by atoms with Crippen molar-refractivity contribution in [3.63, 3.8) is 0 Å². The van der Waals surface area contributed by atoms with Gasteiger partial charge in [0.2, 0.25) is 5.95 Å². The molecule has 1 aromatic rings. The molecule has 1 rings (SSSR count). The van der Waals surface area contributed by atoms with Gasteiger partial charge in [0.05, 0.1) is 13.5 Å². The van der Waals surface area contributed by atoms with E-state index in [0.717, 1.165) is 13.2 Å². The summed E-state index contributed by atoms with van der Waals surface area (Å²) in [6, 6.07) is 0.928. The fraction of sp³-hybridized carbons (Fsp3) is 0.400. The number of halogens is 4. The number of esters is 1. The highest BCUT2D eigenvalue weighted by atomic mass is 35.5. The molecule has 3 nitrogen and oxygen atoms in total. The van der Waals surface area contributed by atoms with Crippen LogP contribution in [0.4, 0.5) is 13.2 Å². The summed E-state index contributed by atoms with van der Waals surface area (Å²) in [5, 5.41) is 0. The minimum atomic E-state index is -2.98. The second kappa shape index (κ2) is 5.86. The van der Waals surface area contributed by atoms with Crippen LogP contribution in [0.3, 0.4) is 0 Å². The zero-order valence-electron chi connectivity index (χ0n) is 8.84. The molecule has 0 fully saturated rings. The molecule has 0 N–H and O–H groups in total. The van der Waals surface area contributed by atoms with E-state index in [9.17, 15) is 18.0 Å². The zero-order valence-corrected chi connectivity index (χ0v) is 9.60. The Morgan fingerprint density at radius 1 is 1.59 bits per heavy atom. The van der Waals surface area contributed by atoms with Crippen molar-refractivity contribution in [2.45, 2.75) is 18.7 Å². The number of ether oxygens (including phenoxy) is 1. The lowest BCUT2D eigenvalue weighted by atomic mass is 10.0. The minimum absolute atomic E-state index is 0.0803. The summed E-state index contributed by atoms with van der Waals surface area (Å²) in [6.07, 6.45) is -3.39. The molecule has 17 heavy (non-hydrogen) atoms. The molecule has 1 heterocycles. The molecule has 94 valence electrons. The number of hydrogen-bond donors (Lipinski definition) is 0. The largest absolute Gasteiger partial charge is 0.469 e. The second-order valence-electron chi connectivity index (χ2n) is 3.16. The van der Waals surface area contributed by atoms with E-state index < -0.39 is 30.5 Å². The van der Waals surface area contributed by atoms with Crippen LogP contribution in [0.1, 0.15) is 23.2 Å². The number of carbonyl (C=O) groups excluding carboxylic acids is 1. The minimum Gasteiger partial charge on any atom is -0.469 e. The molecule has 0 aliphatic carbocycles. The first-order valence-electron chi connectivity index (χ1n) is 4.58. The SMILES string of the molecule is COC(=O)Cc1c(CCl)cc(F)nc1C(F)F. The molecule has 0 unspecified atom stereocenters. The summed E-state index contributed by atoms with van der Waals surface area (Å²) in [5.41, 5.74) is -0.742. The summed E-state index contributed by atoms with van der Waals surface area (Å²) < 4.78 is 42.6. The standard InChI is InChI=1S/C10H9ClF3NO2/c1-17-8(16)3-6-5(4-11)2-7(12)15-9(6)10(13)14/h2,10H,3-4H2,1H3. The number of pyridine rings is 1. The van der Waals surface area contributed by atoms with Crippen LogP contribution in [0.2, 0.25) is 0 Å². The highest BCUT2D eigenvalue weighted by Crippen LogP contribution is 2.26. The number of alkyl halides is 3. The Balaban J connectivity index is 3.26. The van der Waals surface area contributed by atoms with E-state index in [1.807, 2.05) is 0 Å². The van der Waals surface area contributed by atoms with Crippen LogP contribution in [-0.4, -0.2) is 18.1 Å². The van der Waals surface area contributed by atoms with Crippen molar-refractivity contribution in [3.8, 4) is 0 Å². The quantitative estimate of drug-likeness (QED) is 0.478. The van der Waals surface area contributed by atoms with Gasteiger partial charge < -0.3 is 4.74 Å². The number of aromatic nitrogens is 1. The number of rotatable bonds is 4. The first kappa shape index (κ1) is 13.8. The Morgan fingerprint density at radius 2 is 2.24 bits per heavy atom. The van der Waals surface area contributed by atoms with E-state index in [0.29, 0.717) is 0 Å². The smallest absolute Gasteiger partial charge is 0.310 e. The first-order chi connectivity index (χ1) is 7.99. The van der Waals surface area contributed by atoms with Crippen LogP contribution in [0.15, 0.2) is 6.07 Å². The molecular weight excluding hydrogens is 259 g/mol. The molecule has 1 aromatic heterocycles. The molecule has 7 heteroatoms. The molecule has 0 bridgehead atoms. The zero-order chi connectivity index (χ0) is 13.0. The second-order valence-corrected chi connectivity index (χ2v) is 3.42. The van der Waals surface area contributed by atoms with E-state index in [4.69, 9.17) is 11.6 Å². The molecule has 0 aliphatic rings. The third kappa shape index (κ3) is 3.33. The van der Waals surface area contributed by atoms with Gasteiger partial charge in [-0.25, -0.2) is 13.8 Å². The van der Waals surface area contributed by atoms with Crippen molar-refractivity contribution in [2.24, 2.45) is 0 Å². The average Bonchev–Trinajstić information content (AvgIpc) is 2.30. The van der Waals surface area contributed by atoms with E-state index in [2.05, 4.69) is 9.72 Å². The van der Waals surface area contributed by atoms with Gasteiger partial charge in [-0.15, -0.1) is 11.6 Å².